The molecule has 1 amide bonds. The number of non-ortho nitro benzene ring substituents is 1. The number of hydrogen-bond acceptors (Lipinski definition) is 5. The van der Waals surface area contributed by atoms with Crippen LogP contribution in [-0.4, -0.2) is 55.9 Å². The molecule has 3 rings (SSSR count). The number of nitro benzene ring substituents is 1. The summed E-state index contributed by atoms with van der Waals surface area (Å²) in [6, 6.07) is 5.28. The van der Waals surface area contributed by atoms with Gasteiger partial charge in [0.15, 0.2) is 0 Å². The maximum Gasteiger partial charge on any atom is 0.394 e. The third-order valence-corrected chi connectivity index (χ3v) is 4.50. The molecule has 1 aliphatic rings. The van der Waals surface area contributed by atoms with Crippen molar-refractivity contribution < 1.29 is 32.8 Å². The molecule has 28 heavy (non-hydrogen) atoms. The van der Waals surface area contributed by atoms with Crippen molar-refractivity contribution in [3.63, 3.8) is 0 Å². The number of halogens is 3. The molecule has 1 fully saturated rings. The van der Waals surface area contributed by atoms with Crippen molar-refractivity contribution in [2.75, 3.05) is 13.1 Å². The van der Waals surface area contributed by atoms with Crippen LogP contribution in [0.15, 0.2) is 36.7 Å². The fourth-order valence-corrected chi connectivity index (χ4v) is 3.04. The quantitative estimate of drug-likeness (QED) is 0.623. The molecule has 0 aliphatic carbocycles. The van der Waals surface area contributed by atoms with Gasteiger partial charge in [0.2, 0.25) is 0 Å². The average molecular weight is 398 g/mol. The summed E-state index contributed by atoms with van der Waals surface area (Å²) < 4.78 is 40.4. The fourth-order valence-electron chi connectivity index (χ4n) is 3.04. The van der Waals surface area contributed by atoms with Crippen LogP contribution in [0, 0.1) is 22.0 Å². The zero-order chi connectivity index (χ0) is 20.6. The lowest BCUT2D eigenvalue weighted by Crippen LogP contribution is -2.34. The van der Waals surface area contributed by atoms with Crippen LogP contribution < -0.4 is 0 Å². The van der Waals surface area contributed by atoms with Gasteiger partial charge in [-0.1, -0.05) is 0 Å². The Bertz CT molecular complexity index is 925. The van der Waals surface area contributed by atoms with E-state index in [-0.39, 0.29) is 11.3 Å². The number of benzene rings is 1. The van der Waals surface area contributed by atoms with Crippen molar-refractivity contribution in [2.45, 2.75) is 6.18 Å². The molecule has 0 bridgehead atoms. The summed E-state index contributed by atoms with van der Waals surface area (Å²) in [5, 5.41) is 23.6. The van der Waals surface area contributed by atoms with Gasteiger partial charge in [0.25, 0.3) is 11.6 Å². The highest BCUT2D eigenvalue weighted by Crippen LogP contribution is 2.38. The van der Waals surface area contributed by atoms with E-state index in [1.54, 1.807) is 0 Å². The van der Waals surface area contributed by atoms with Gasteiger partial charge in [0.1, 0.15) is 0 Å². The van der Waals surface area contributed by atoms with Crippen LogP contribution in [0.25, 0.3) is 5.69 Å². The number of carbonyl (C=O) groups is 2. The zero-order valence-corrected chi connectivity index (χ0v) is 14.0. The first-order valence-corrected chi connectivity index (χ1v) is 7.96. The SMILES string of the molecule is O=C(O)[C@@H]1CN(C(=O)c2cnn(-c3ccc([N+](=O)[O-])cc3)c2)C[C@H]1C(F)(F)F. The molecule has 1 N–H and O–H groups in total. The summed E-state index contributed by atoms with van der Waals surface area (Å²) in [5.74, 6) is -6.25. The van der Waals surface area contributed by atoms with E-state index in [0.717, 1.165) is 11.1 Å². The molecule has 0 unspecified atom stereocenters. The lowest BCUT2D eigenvalue weighted by Gasteiger charge is -2.18. The first-order chi connectivity index (χ1) is 13.1. The van der Waals surface area contributed by atoms with Gasteiger partial charge in [-0.2, -0.15) is 18.3 Å². The number of amides is 1. The standard InChI is InChI=1S/C16H13F3N4O5/c17-16(18,19)13-8-21(7-12(13)15(25)26)14(24)9-5-20-22(6-9)10-1-3-11(4-2-10)23(27)28/h1-6,12-13H,7-8H2,(H,25,26)/t12-,13-/m1/s1. The van der Waals surface area contributed by atoms with E-state index in [0.29, 0.717) is 5.69 Å². The Hall–Kier alpha value is -3.44. The van der Waals surface area contributed by atoms with Crippen molar-refractivity contribution in [1.29, 1.82) is 0 Å². The van der Waals surface area contributed by atoms with Crippen LogP contribution in [0.1, 0.15) is 10.4 Å². The second-order valence-corrected chi connectivity index (χ2v) is 6.25. The molecule has 2 aromatic rings. The second kappa shape index (κ2) is 6.94. The number of carbonyl (C=O) groups excluding carboxylic acids is 1. The van der Waals surface area contributed by atoms with Gasteiger partial charge in [-0.3, -0.25) is 19.7 Å². The summed E-state index contributed by atoms with van der Waals surface area (Å²) in [6.45, 7) is -1.30. The Labute approximate surface area is 155 Å². The molecule has 0 saturated carbocycles. The lowest BCUT2D eigenvalue weighted by atomic mass is 9.96. The van der Waals surface area contributed by atoms with Crippen molar-refractivity contribution >= 4 is 17.6 Å². The maximum atomic E-state index is 13.1. The molecule has 0 radical (unpaired) electrons. The highest BCUT2D eigenvalue weighted by atomic mass is 19.4. The Morgan fingerprint density at radius 3 is 2.36 bits per heavy atom. The number of carboxylic acid groups (broad SMARTS) is 1. The molecule has 12 heteroatoms. The van der Waals surface area contributed by atoms with Crippen molar-refractivity contribution in [1.82, 2.24) is 14.7 Å². The summed E-state index contributed by atoms with van der Waals surface area (Å²) >= 11 is 0. The first kappa shape index (κ1) is 19.3. The highest BCUT2D eigenvalue weighted by molar-refractivity contribution is 5.94. The van der Waals surface area contributed by atoms with E-state index in [4.69, 9.17) is 5.11 Å². The molecule has 2 heterocycles. The fraction of sp³-hybridized carbons (Fsp3) is 0.312. The number of hydrogen-bond donors (Lipinski definition) is 1. The van der Waals surface area contributed by atoms with Crippen LogP contribution in [0.5, 0.6) is 0 Å². The van der Waals surface area contributed by atoms with Gasteiger partial charge >= 0.3 is 12.1 Å². The summed E-state index contributed by atoms with van der Waals surface area (Å²) in [6.07, 6.45) is -2.33. The number of carboxylic acids is 1. The van der Waals surface area contributed by atoms with Gasteiger partial charge in [0, 0.05) is 31.4 Å². The number of aliphatic carboxylic acids is 1. The van der Waals surface area contributed by atoms with E-state index >= 15 is 0 Å². The number of likely N-dealkylation sites (tertiary alicyclic amines) is 1. The molecular weight excluding hydrogens is 385 g/mol. The van der Waals surface area contributed by atoms with Crippen LogP contribution in [0.2, 0.25) is 0 Å². The van der Waals surface area contributed by atoms with Gasteiger partial charge in [0.05, 0.1) is 34.2 Å². The van der Waals surface area contributed by atoms with E-state index in [2.05, 4.69) is 5.10 Å². The average Bonchev–Trinajstić information content (AvgIpc) is 3.28. The van der Waals surface area contributed by atoms with Crippen LogP contribution in [0.3, 0.4) is 0 Å². The minimum absolute atomic E-state index is 0.0229. The highest BCUT2D eigenvalue weighted by Gasteiger charge is 2.53. The Kier molecular flexibility index (Phi) is 4.79. The van der Waals surface area contributed by atoms with E-state index in [1.807, 2.05) is 0 Å². The predicted molar refractivity (Wildman–Crippen MR) is 86.8 cm³/mol. The Morgan fingerprint density at radius 1 is 1.21 bits per heavy atom. The Balaban J connectivity index is 1.79. The second-order valence-electron chi connectivity index (χ2n) is 6.25. The summed E-state index contributed by atoms with van der Waals surface area (Å²) in [4.78, 5) is 34.6. The number of aromatic nitrogens is 2. The molecule has 1 aromatic heterocycles. The van der Waals surface area contributed by atoms with Gasteiger partial charge in [-0.25, -0.2) is 4.68 Å². The third kappa shape index (κ3) is 3.66. The minimum Gasteiger partial charge on any atom is -0.481 e. The Morgan fingerprint density at radius 2 is 1.86 bits per heavy atom. The first-order valence-electron chi connectivity index (χ1n) is 7.96. The molecule has 2 atom stereocenters. The number of nitrogens with zero attached hydrogens (tertiary/aromatic N) is 4. The zero-order valence-electron chi connectivity index (χ0n) is 14.0. The number of alkyl halides is 3. The molecule has 9 nitrogen and oxygen atoms in total. The largest absolute Gasteiger partial charge is 0.481 e. The number of rotatable bonds is 4. The van der Waals surface area contributed by atoms with Crippen molar-refractivity contribution in [3.05, 3.63) is 52.3 Å². The molecule has 1 aromatic carbocycles. The minimum atomic E-state index is -4.74. The lowest BCUT2D eigenvalue weighted by molar-refractivity contribution is -0.384. The third-order valence-electron chi connectivity index (χ3n) is 4.50. The van der Waals surface area contributed by atoms with Crippen LogP contribution in [0.4, 0.5) is 18.9 Å². The maximum absolute atomic E-state index is 13.1. The van der Waals surface area contributed by atoms with Gasteiger partial charge < -0.3 is 10.0 Å². The van der Waals surface area contributed by atoms with E-state index in [9.17, 15) is 32.9 Å². The molecule has 148 valence electrons. The summed E-state index contributed by atoms with van der Waals surface area (Å²) in [5.41, 5.74) is 0.246. The molecule has 1 saturated heterocycles. The van der Waals surface area contributed by atoms with Crippen LogP contribution >= 0.6 is 0 Å². The van der Waals surface area contributed by atoms with E-state index in [1.165, 1.54) is 35.1 Å². The number of nitro groups is 1. The molecule has 0 spiro atoms. The normalized spacial score (nSPS) is 19.6. The van der Waals surface area contributed by atoms with E-state index < -0.39 is 47.9 Å². The van der Waals surface area contributed by atoms with Crippen molar-refractivity contribution in [3.8, 4) is 5.69 Å². The molecule has 1 aliphatic heterocycles. The summed E-state index contributed by atoms with van der Waals surface area (Å²) in [7, 11) is 0. The smallest absolute Gasteiger partial charge is 0.394 e. The van der Waals surface area contributed by atoms with Crippen LogP contribution in [-0.2, 0) is 4.79 Å². The predicted octanol–water partition coefficient (Wildman–Crippen LogP) is 2.12. The van der Waals surface area contributed by atoms with Gasteiger partial charge in [-0.05, 0) is 12.1 Å². The topological polar surface area (TPSA) is 119 Å². The monoisotopic (exact) mass is 398 g/mol. The van der Waals surface area contributed by atoms with Crippen molar-refractivity contribution in [2.24, 2.45) is 11.8 Å². The molecular formula is C16H13F3N4O5. The van der Waals surface area contributed by atoms with Gasteiger partial charge in [-0.15, -0.1) is 0 Å².